The molecule has 1 aliphatic heterocycles. The van der Waals surface area contributed by atoms with Gasteiger partial charge in [0.25, 0.3) is 5.91 Å². The molecule has 0 atom stereocenters. The van der Waals surface area contributed by atoms with E-state index in [0.29, 0.717) is 5.76 Å². The fourth-order valence-electron chi connectivity index (χ4n) is 2.26. The number of likely N-dealkylation sites (N-methyl/N-ethyl adjacent to an activating group) is 1. The van der Waals surface area contributed by atoms with Crippen LogP contribution in [0.1, 0.15) is 11.5 Å². The summed E-state index contributed by atoms with van der Waals surface area (Å²) in [6.07, 6.45) is 1.55. The van der Waals surface area contributed by atoms with Crippen molar-refractivity contribution in [1.29, 1.82) is 0 Å². The number of carbonyl (C=O) groups excluding carboxylic acids is 2. The molecule has 8 heteroatoms. The van der Waals surface area contributed by atoms with E-state index in [-0.39, 0.29) is 17.3 Å². The Hall–Kier alpha value is -3.42. The summed E-state index contributed by atoms with van der Waals surface area (Å²) in [7, 11) is 1.59. The number of urea groups is 1. The molecule has 0 saturated carbocycles. The van der Waals surface area contributed by atoms with E-state index in [0.717, 1.165) is 5.76 Å². The number of furan rings is 1. The minimum Gasteiger partial charge on any atom is -0.462 e. The Balaban J connectivity index is 1.76. The highest BCUT2D eigenvalue weighted by atomic mass is 19.1. The van der Waals surface area contributed by atoms with Crippen LogP contribution >= 0.6 is 0 Å². The number of carbonyl (C=O) groups is 2. The van der Waals surface area contributed by atoms with E-state index in [1.54, 1.807) is 32.2 Å². The van der Waals surface area contributed by atoms with Crippen LogP contribution in [0, 0.1) is 12.7 Å². The van der Waals surface area contributed by atoms with Crippen molar-refractivity contribution in [2.75, 3.05) is 12.4 Å². The first-order chi connectivity index (χ1) is 11.9. The molecular formula is C17H15FN4O3. The number of benzene rings is 1. The van der Waals surface area contributed by atoms with E-state index in [1.807, 2.05) is 0 Å². The van der Waals surface area contributed by atoms with E-state index in [9.17, 15) is 14.0 Å². The van der Waals surface area contributed by atoms with Gasteiger partial charge >= 0.3 is 6.03 Å². The molecule has 7 nitrogen and oxygen atoms in total. The number of nitrogens with one attached hydrogen (secondary N) is 2. The molecule has 0 unspecified atom stereocenters. The van der Waals surface area contributed by atoms with Crippen LogP contribution in [0.15, 0.2) is 51.5 Å². The van der Waals surface area contributed by atoms with E-state index in [4.69, 9.17) is 4.42 Å². The van der Waals surface area contributed by atoms with Gasteiger partial charge in [0.05, 0.1) is 0 Å². The number of aliphatic imine (C=N–C) groups is 1. The summed E-state index contributed by atoms with van der Waals surface area (Å²) < 4.78 is 18.5. The molecule has 3 amide bonds. The summed E-state index contributed by atoms with van der Waals surface area (Å²) in [6, 6.07) is 8.20. The molecule has 0 spiro atoms. The maximum Gasteiger partial charge on any atom is 0.348 e. The minimum absolute atomic E-state index is 0.0634. The number of rotatable bonds is 2. The zero-order valence-corrected chi connectivity index (χ0v) is 13.5. The second-order valence-corrected chi connectivity index (χ2v) is 5.37. The number of hydrogen-bond acceptors (Lipinski definition) is 3. The van der Waals surface area contributed by atoms with Crippen LogP contribution in [0.4, 0.5) is 14.9 Å². The number of hydrogen-bond donors (Lipinski definition) is 2. The molecule has 0 aliphatic carbocycles. The smallest absolute Gasteiger partial charge is 0.348 e. The summed E-state index contributed by atoms with van der Waals surface area (Å²) in [5.74, 6) is 0.411. The fraction of sp³-hybridized carbons (Fsp3) is 0.118. The molecule has 1 aromatic carbocycles. The topological polar surface area (TPSA) is 86.9 Å². The summed E-state index contributed by atoms with van der Waals surface area (Å²) in [4.78, 5) is 29.3. The van der Waals surface area contributed by atoms with Gasteiger partial charge in [-0.25, -0.2) is 9.18 Å². The predicted octanol–water partition coefficient (Wildman–Crippen LogP) is 2.72. The van der Waals surface area contributed by atoms with Gasteiger partial charge in [-0.3, -0.25) is 10.1 Å². The normalized spacial score (nSPS) is 17.2. The van der Waals surface area contributed by atoms with Crippen LogP contribution < -0.4 is 10.6 Å². The first-order valence-corrected chi connectivity index (χ1v) is 7.41. The second kappa shape index (κ2) is 6.60. The lowest BCUT2D eigenvalue weighted by atomic mass is 10.3. The molecule has 3 rings (SSSR count). The maximum atomic E-state index is 13.1. The first kappa shape index (κ1) is 16.4. The van der Waals surface area contributed by atoms with Crippen molar-refractivity contribution in [3.63, 3.8) is 0 Å². The fourth-order valence-corrected chi connectivity index (χ4v) is 2.26. The summed E-state index contributed by atoms with van der Waals surface area (Å²) in [6.45, 7) is 1.80. The van der Waals surface area contributed by atoms with Crippen molar-refractivity contribution >= 4 is 29.7 Å². The van der Waals surface area contributed by atoms with Gasteiger partial charge in [0.2, 0.25) is 5.96 Å². The lowest BCUT2D eigenvalue weighted by Crippen LogP contribution is -2.29. The van der Waals surface area contributed by atoms with Crippen molar-refractivity contribution in [1.82, 2.24) is 10.2 Å². The Kier molecular flexibility index (Phi) is 4.34. The Labute approximate surface area is 142 Å². The van der Waals surface area contributed by atoms with Crippen molar-refractivity contribution in [3.05, 3.63) is 59.4 Å². The zero-order valence-electron chi connectivity index (χ0n) is 13.5. The van der Waals surface area contributed by atoms with Gasteiger partial charge in [-0.15, -0.1) is 0 Å². The average molecular weight is 342 g/mol. The molecule has 1 aromatic heterocycles. The summed E-state index contributed by atoms with van der Waals surface area (Å²) in [5, 5.41) is 4.93. The lowest BCUT2D eigenvalue weighted by Gasteiger charge is -2.10. The molecule has 25 heavy (non-hydrogen) atoms. The number of guanidine groups is 1. The van der Waals surface area contributed by atoms with E-state index in [1.165, 1.54) is 29.2 Å². The Morgan fingerprint density at radius 3 is 2.84 bits per heavy atom. The highest BCUT2D eigenvalue weighted by Gasteiger charge is 2.29. The quantitative estimate of drug-likeness (QED) is 0.822. The van der Waals surface area contributed by atoms with Crippen molar-refractivity contribution in [3.8, 4) is 0 Å². The Morgan fingerprint density at radius 1 is 1.36 bits per heavy atom. The van der Waals surface area contributed by atoms with E-state index >= 15 is 0 Å². The molecule has 128 valence electrons. The number of nitrogens with zero attached hydrogens (tertiary/aromatic N) is 2. The van der Waals surface area contributed by atoms with Gasteiger partial charge < -0.3 is 14.6 Å². The van der Waals surface area contributed by atoms with Crippen molar-refractivity contribution in [2.24, 2.45) is 4.99 Å². The van der Waals surface area contributed by atoms with Gasteiger partial charge in [-0.1, -0.05) is 6.07 Å². The third kappa shape index (κ3) is 3.74. The number of halogens is 1. The van der Waals surface area contributed by atoms with Gasteiger partial charge in [0.1, 0.15) is 23.0 Å². The molecule has 1 saturated heterocycles. The highest BCUT2D eigenvalue weighted by Crippen LogP contribution is 2.17. The summed E-state index contributed by atoms with van der Waals surface area (Å²) >= 11 is 0. The monoisotopic (exact) mass is 342 g/mol. The van der Waals surface area contributed by atoms with Crippen molar-refractivity contribution in [2.45, 2.75) is 6.92 Å². The standard InChI is InChI=1S/C17H15FN4O3/c1-10-6-7-13(25-10)9-14-15(23)20-16(22(14)2)21-17(24)19-12-5-3-4-11(18)8-12/h3-9H,1-2H3,(H2,19,20,21,23,24)/b14-9+. The molecule has 2 heterocycles. The third-order valence-corrected chi connectivity index (χ3v) is 3.46. The molecular weight excluding hydrogens is 327 g/mol. The minimum atomic E-state index is -0.733. The van der Waals surface area contributed by atoms with Crippen LogP contribution in [0.5, 0.6) is 0 Å². The second-order valence-electron chi connectivity index (χ2n) is 5.37. The maximum absolute atomic E-state index is 13.1. The average Bonchev–Trinajstić information content (AvgIpc) is 3.06. The molecule has 0 radical (unpaired) electrons. The number of aryl methyl sites for hydroxylation is 1. The number of amides is 3. The van der Waals surface area contributed by atoms with Crippen LogP contribution in [0.2, 0.25) is 0 Å². The van der Waals surface area contributed by atoms with Crippen LogP contribution in [0.25, 0.3) is 6.08 Å². The highest BCUT2D eigenvalue weighted by molar-refractivity contribution is 6.17. The Morgan fingerprint density at radius 2 is 2.16 bits per heavy atom. The molecule has 1 fully saturated rings. The molecule has 2 aromatic rings. The largest absolute Gasteiger partial charge is 0.462 e. The summed E-state index contributed by atoms with van der Waals surface area (Å²) in [5.41, 5.74) is 0.551. The zero-order chi connectivity index (χ0) is 18.0. The van der Waals surface area contributed by atoms with Crippen LogP contribution in [-0.2, 0) is 4.79 Å². The van der Waals surface area contributed by atoms with Gasteiger partial charge in [0.15, 0.2) is 0 Å². The number of anilines is 1. The van der Waals surface area contributed by atoms with Crippen LogP contribution in [0.3, 0.4) is 0 Å². The molecule has 0 bridgehead atoms. The van der Waals surface area contributed by atoms with Gasteiger partial charge in [0, 0.05) is 18.8 Å². The lowest BCUT2D eigenvalue weighted by molar-refractivity contribution is -0.115. The molecule has 2 N–H and O–H groups in total. The van der Waals surface area contributed by atoms with Gasteiger partial charge in [-0.2, -0.15) is 4.99 Å². The van der Waals surface area contributed by atoms with Crippen LogP contribution in [-0.4, -0.2) is 29.8 Å². The SMILES string of the molecule is Cc1ccc(/C=C2\C(=O)N/C(=N\C(=O)Nc3cccc(F)c3)N2C)o1. The van der Waals surface area contributed by atoms with Crippen molar-refractivity contribution < 1.29 is 18.4 Å². The predicted molar refractivity (Wildman–Crippen MR) is 90.2 cm³/mol. The Bertz CT molecular complexity index is 901. The molecule has 1 aliphatic rings. The van der Waals surface area contributed by atoms with E-state index < -0.39 is 17.8 Å². The third-order valence-electron chi connectivity index (χ3n) is 3.46. The van der Waals surface area contributed by atoms with E-state index in [2.05, 4.69) is 15.6 Å². The first-order valence-electron chi connectivity index (χ1n) is 7.41. The van der Waals surface area contributed by atoms with Gasteiger partial charge in [-0.05, 0) is 37.3 Å².